The van der Waals surface area contributed by atoms with E-state index in [2.05, 4.69) is 10.1 Å². The number of amides is 2. The van der Waals surface area contributed by atoms with Crippen LogP contribution in [0.1, 0.15) is 24.1 Å². The van der Waals surface area contributed by atoms with E-state index in [1.165, 1.54) is 9.78 Å². The second-order valence-corrected chi connectivity index (χ2v) is 6.21. The van der Waals surface area contributed by atoms with E-state index in [0.717, 1.165) is 7.11 Å². The Morgan fingerprint density at radius 2 is 2.38 bits per heavy atom. The van der Waals surface area contributed by atoms with Gasteiger partial charge >= 0.3 is 12.0 Å². The Hall–Kier alpha value is -1.63. The Labute approximate surface area is 127 Å². The van der Waals surface area contributed by atoms with Gasteiger partial charge in [-0.05, 0) is 11.4 Å². The van der Waals surface area contributed by atoms with Gasteiger partial charge in [-0.2, -0.15) is 0 Å². The van der Waals surface area contributed by atoms with E-state index in [-0.39, 0.29) is 31.5 Å². The number of rotatable bonds is 4. The molecule has 1 aromatic heterocycles. The van der Waals surface area contributed by atoms with Crippen molar-refractivity contribution >= 4 is 23.3 Å². The summed E-state index contributed by atoms with van der Waals surface area (Å²) in [5, 5.41) is 4.77. The molecule has 1 saturated heterocycles. The van der Waals surface area contributed by atoms with Gasteiger partial charge in [0.15, 0.2) is 0 Å². The zero-order chi connectivity index (χ0) is 15.5. The SMILES string of the molecule is COC(=O)[C@]1(F)CCN(C(=O)NC[C@@H](C)c2cccs2)C1. The number of carbonyl (C=O) groups excluding carboxylic acids is 2. The molecule has 7 heteroatoms. The van der Waals surface area contributed by atoms with Crippen LogP contribution in [-0.2, 0) is 9.53 Å². The van der Waals surface area contributed by atoms with Crippen LogP contribution >= 0.6 is 11.3 Å². The van der Waals surface area contributed by atoms with Crippen molar-refractivity contribution in [3.8, 4) is 0 Å². The van der Waals surface area contributed by atoms with Crippen molar-refractivity contribution in [1.29, 1.82) is 0 Å². The van der Waals surface area contributed by atoms with Crippen molar-refractivity contribution in [3.05, 3.63) is 22.4 Å². The number of carbonyl (C=O) groups is 2. The molecule has 5 nitrogen and oxygen atoms in total. The predicted molar refractivity (Wildman–Crippen MR) is 78.2 cm³/mol. The number of alkyl halides is 1. The molecule has 0 aliphatic carbocycles. The molecule has 2 amide bonds. The molecular formula is C14H19FN2O3S. The number of halogens is 1. The number of esters is 1. The topological polar surface area (TPSA) is 58.6 Å². The van der Waals surface area contributed by atoms with Crippen LogP contribution in [0.4, 0.5) is 9.18 Å². The molecule has 21 heavy (non-hydrogen) atoms. The number of methoxy groups -OCH3 is 1. The summed E-state index contributed by atoms with van der Waals surface area (Å²) >= 11 is 1.64. The summed E-state index contributed by atoms with van der Waals surface area (Å²) in [5.41, 5.74) is -2.08. The molecule has 2 rings (SSSR count). The average Bonchev–Trinajstić information content (AvgIpc) is 3.13. The largest absolute Gasteiger partial charge is 0.467 e. The number of hydrogen-bond acceptors (Lipinski definition) is 4. The van der Waals surface area contributed by atoms with E-state index in [1.807, 2.05) is 24.4 Å². The number of ether oxygens (including phenoxy) is 1. The first-order chi connectivity index (χ1) is 9.96. The standard InChI is InChI=1S/C14H19FN2O3S/c1-10(11-4-3-7-21-11)8-16-13(19)17-6-5-14(15,9-17)12(18)20-2/h3-4,7,10H,5-6,8-9H2,1-2H3,(H,16,19)/t10-,14+/m1/s1. The fourth-order valence-corrected chi connectivity index (χ4v) is 3.11. The highest BCUT2D eigenvalue weighted by Crippen LogP contribution is 2.27. The lowest BCUT2D eigenvalue weighted by Gasteiger charge is -2.20. The molecule has 0 aromatic carbocycles. The first-order valence-corrected chi connectivity index (χ1v) is 7.68. The van der Waals surface area contributed by atoms with Crippen molar-refractivity contribution in [1.82, 2.24) is 10.2 Å². The predicted octanol–water partition coefficient (Wildman–Crippen LogP) is 2.15. The quantitative estimate of drug-likeness (QED) is 0.866. The van der Waals surface area contributed by atoms with E-state index in [9.17, 15) is 14.0 Å². The third-order valence-electron chi connectivity index (χ3n) is 3.65. The maximum Gasteiger partial charge on any atom is 0.345 e. The summed E-state index contributed by atoms with van der Waals surface area (Å²) in [5.74, 6) is -0.711. The number of nitrogens with zero attached hydrogens (tertiary/aromatic N) is 1. The van der Waals surface area contributed by atoms with Crippen LogP contribution in [0.3, 0.4) is 0 Å². The smallest absolute Gasteiger partial charge is 0.345 e. The molecule has 0 unspecified atom stereocenters. The number of likely N-dealkylation sites (tertiary alicyclic amines) is 1. The number of nitrogens with one attached hydrogen (secondary N) is 1. The normalized spacial score (nSPS) is 22.9. The van der Waals surface area contributed by atoms with Crippen LogP contribution < -0.4 is 5.32 Å². The van der Waals surface area contributed by atoms with Crippen molar-refractivity contribution in [2.75, 3.05) is 26.7 Å². The molecule has 1 fully saturated rings. The Balaban J connectivity index is 1.84. The van der Waals surface area contributed by atoms with Crippen LogP contribution in [0.2, 0.25) is 0 Å². The molecule has 0 spiro atoms. The van der Waals surface area contributed by atoms with Crippen LogP contribution in [0.25, 0.3) is 0 Å². The molecule has 0 bridgehead atoms. The van der Waals surface area contributed by atoms with E-state index in [4.69, 9.17) is 0 Å². The van der Waals surface area contributed by atoms with Gasteiger partial charge in [0.05, 0.1) is 13.7 Å². The Morgan fingerprint density at radius 3 is 3.00 bits per heavy atom. The summed E-state index contributed by atoms with van der Waals surface area (Å²) in [4.78, 5) is 25.9. The minimum absolute atomic E-state index is 0.0203. The van der Waals surface area contributed by atoms with Crippen molar-refractivity contribution in [2.24, 2.45) is 0 Å². The summed E-state index contributed by atoms with van der Waals surface area (Å²) in [6, 6.07) is 3.63. The molecule has 2 atom stereocenters. The maximum absolute atomic E-state index is 14.2. The average molecular weight is 314 g/mol. The Bertz CT molecular complexity index is 508. The van der Waals surface area contributed by atoms with Gasteiger partial charge < -0.3 is 15.0 Å². The van der Waals surface area contributed by atoms with Crippen LogP contribution in [0, 0.1) is 0 Å². The first kappa shape index (κ1) is 15.8. The lowest BCUT2D eigenvalue weighted by molar-refractivity contribution is -0.153. The zero-order valence-corrected chi connectivity index (χ0v) is 12.9. The van der Waals surface area contributed by atoms with Gasteiger partial charge in [-0.1, -0.05) is 13.0 Å². The van der Waals surface area contributed by atoms with Gasteiger partial charge in [-0.15, -0.1) is 11.3 Å². The minimum atomic E-state index is -2.08. The molecule has 1 aromatic rings. The lowest BCUT2D eigenvalue weighted by Crippen LogP contribution is -2.44. The highest BCUT2D eigenvalue weighted by molar-refractivity contribution is 7.10. The van der Waals surface area contributed by atoms with Gasteiger partial charge in [0.2, 0.25) is 5.67 Å². The molecular weight excluding hydrogens is 295 g/mol. The van der Waals surface area contributed by atoms with Gasteiger partial charge in [-0.3, -0.25) is 0 Å². The maximum atomic E-state index is 14.2. The number of urea groups is 1. The fourth-order valence-electron chi connectivity index (χ4n) is 2.32. The Kier molecular flexibility index (Phi) is 4.82. The van der Waals surface area contributed by atoms with Crippen molar-refractivity contribution < 1.29 is 18.7 Å². The summed E-state index contributed by atoms with van der Waals surface area (Å²) in [6.45, 7) is 2.46. The van der Waals surface area contributed by atoms with Crippen molar-refractivity contribution in [2.45, 2.75) is 24.9 Å². The third kappa shape index (κ3) is 3.53. The van der Waals surface area contributed by atoms with E-state index in [1.54, 1.807) is 11.3 Å². The summed E-state index contributed by atoms with van der Waals surface area (Å²) < 4.78 is 18.7. The molecule has 1 N–H and O–H groups in total. The summed E-state index contributed by atoms with van der Waals surface area (Å²) in [7, 11) is 1.15. The molecule has 2 heterocycles. The van der Waals surface area contributed by atoms with Gasteiger partial charge in [0.1, 0.15) is 0 Å². The molecule has 0 saturated carbocycles. The molecule has 116 valence electrons. The highest BCUT2D eigenvalue weighted by atomic mass is 32.1. The van der Waals surface area contributed by atoms with Crippen molar-refractivity contribution in [3.63, 3.8) is 0 Å². The monoisotopic (exact) mass is 314 g/mol. The van der Waals surface area contributed by atoms with E-state index in [0.29, 0.717) is 6.54 Å². The first-order valence-electron chi connectivity index (χ1n) is 6.80. The van der Waals surface area contributed by atoms with E-state index < -0.39 is 11.6 Å². The second-order valence-electron chi connectivity index (χ2n) is 5.23. The molecule has 1 aliphatic rings. The fraction of sp³-hybridized carbons (Fsp3) is 0.571. The third-order valence-corrected chi connectivity index (χ3v) is 4.75. The van der Waals surface area contributed by atoms with Gasteiger partial charge in [-0.25, -0.2) is 14.0 Å². The lowest BCUT2D eigenvalue weighted by atomic mass is 10.1. The number of hydrogen-bond donors (Lipinski definition) is 1. The van der Waals surface area contributed by atoms with Crippen LogP contribution in [0.5, 0.6) is 0 Å². The Morgan fingerprint density at radius 1 is 1.62 bits per heavy atom. The number of thiophene rings is 1. The molecule has 1 aliphatic heterocycles. The van der Waals surface area contributed by atoms with Gasteiger partial charge in [0.25, 0.3) is 0 Å². The summed E-state index contributed by atoms with van der Waals surface area (Å²) in [6.07, 6.45) is -0.0203. The zero-order valence-electron chi connectivity index (χ0n) is 12.1. The van der Waals surface area contributed by atoms with Crippen LogP contribution in [-0.4, -0.2) is 49.3 Å². The van der Waals surface area contributed by atoms with E-state index >= 15 is 0 Å². The van der Waals surface area contributed by atoms with Gasteiger partial charge in [0, 0.05) is 30.3 Å². The second kappa shape index (κ2) is 6.43. The van der Waals surface area contributed by atoms with Crippen LogP contribution in [0.15, 0.2) is 17.5 Å². The highest BCUT2D eigenvalue weighted by Gasteiger charge is 2.47. The molecule has 0 radical (unpaired) electrons. The minimum Gasteiger partial charge on any atom is -0.467 e.